The lowest BCUT2D eigenvalue weighted by atomic mass is 9.84. The van der Waals surface area contributed by atoms with E-state index in [1.165, 1.54) is 0 Å². The Bertz CT molecular complexity index is 290. The summed E-state index contributed by atoms with van der Waals surface area (Å²) in [5, 5.41) is 3.07. The zero-order valence-corrected chi connectivity index (χ0v) is 10.4. The third-order valence-electron chi connectivity index (χ3n) is 3.82. The Morgan fingerprint density at radius 2 is 1.94 bits per heavy atom. The summed E-state index contributed by atoms with van der Waals surface area (Å²) in [5.41, 5.74) is 0. The quantitative estimate of drug-likeness (QED) is 0.842. The van der Waals surface area contributed by atoms with E-state index in [0.717, 1.165) is 19.3 Å². The molecule has 104 valence electrons. The minimum Gasteiger partial charge on any atom is -0.497 e. The maximum atomic E-state index is 12.9. The Kier molecular flexibility index (Phi) is 4.54. The molecule has 1 aliphatic carbocycles. The highest BCUT2D eigenvalue weighted by atomic mass is 19.4. The van der Waals surface area contributed by atoms with Crippen LogP contribution in [0.1, 0.15) is 38.5 Å². The van der Waals surface area contributed by atoms with Gasteiger partial charge in [-0.3, -0.25) is 0 Å². The average Bonchev–Trinajstić information content (AvgIpc) is 2.37. The number of nitrogens with one attached hydrogen (secondary N) is 1. The molecule has 3 atom stereocenters. The molecule has 0 aromatic carbocycles. The summed E-state index contributed by atoms with van der Waals surface area (Å²) in [5.74, 6) is -1.19. The minimum absolute atomic E-state index is 0.0193. The van der Waals surface area contributed by atoms with Gasteiger partial charge >= 0.3 is 6.18 Å². The van der Waals surface area contributed by atoms with Crippen molar-refractivity contribution in [2.75, 3.05) is 6.54 Å². The second kappa shape index (κ2) is 5.95. The van der Waals surface area contributed by atoms with Crippen LogP contribution in [0.4, 0.5) is 13.2 Å². The maximum Gasteiger partial charge on any atom is 0.393 e. The SMILES string of the molecule is FC(F)(F)[C@@H]1CCCC[C@H]1NC[C@H]1CCC=CO1. The first kappa shape index (κ1) is 13.7. The van der Waals surface area contributed by atoms with E-state index in [0.29, 0.717) is 19.4 Å². The predicted octanol–water partition coefficient (Wildman–Crippen LogP) is 3.39. The topological polar surface area (TPSA) is 21.3 Å². The van der Waals surface area contributed by atoms with Crippen LogP contribution in [0, 0.1) is 5.92 Å². The molecule has 18 heavy (non-hydrogen) atoms. The van der Waals surface area contributed by atoms with E-state index < -0.39 is 18.1 Å². The first-order chi connectivity index (χ1) is 8.57. The first-order valence-corrected chi connectivity index (χ1v) is 6.68. The van der Waals surface area contributed by atoms with E-state index in [9.17, 15) is 13.2 Å². The summed E-state index contributed by atoms with van der Waals surface area (Å²) in [7, 11) is 0. The highest BCUT2D eigenvalue weighted by Crippen LogP contribution is 2.37. The van der Waals surface area contributed by atoms with Gasteiger partial charge in [-0.05, 0) is 31.8 Å². The second-order valence-electron chi connectivity index (χ2n) is 5.15. The van der Waals surface area contributed by atoms with Crippen molar-refractivity contribution in [1.82, 2.24) is 5.32 Å². The van der Waals surface area contributed by atoms with E-state index in [4.69, 9.17) is 4.74 Å². The molecule has 2 rings (SSSR count). The van der Waals surface area contributed by atoms with Crippen LogP contribution in [0.25, 0.3) is 0 Å². The molecule has 1 saturated carbocycles. The molecule has 0 amide bonds. The summed E-state index contributed by atoms with van der Waals surface area (Å²) in [4.78, 5) is 0. The van der Waals surface area contributed by atoms with Crippen LogP contribution in [0.15, 0.2) is 12.3 Å². The first-order valence-electron chi connectivity index (χ1n) is 6.68. The molecule has 1 N–H and O–H groups in total. The second-order valence-corrected chi connectivity index (χ2v) is 5.15. The number of rotatable bonds is 3. The largest absolute Gasteiger partial charge is 0.497 e. The lowest BCUT2D eigenvalue weighted by molar-refractivity contribution is -0.189. The van der Waals surface area contributed by atoms with Crippen LogP contribution in [0.5, 0.6) is 0 Å². The van der Waals surface area contributed by atoms with Gasteiger partial charge in [0, 0.05) is 12.6 Å². The van der Waals surface area contributed by atoms with Gasteiger partial charge in [-0.25, -0.2) is 0 Å². The Balaban J connectivity index is 1.83. The van der Waals surface area contributed by atoms with Gasteiger partial charge in [0.1, 0.15) is 6.10 Å². The smallest absolute Gasteiger partial charge is 0.393 e. The Hall–Kier alpha value is -0.710. The third kappa shape index (κ3) is 3.64. The summed E-state index contributed by atoms with van der Waals surface area (Å²) >= 11 is 0. The fourth-order valence-electron chi connectivity index (χ4n) is 2.78. The molecule has 2 aliphatic rings. The Morgan fingerprint density at radius 1 is 1.17 bits per heavy atom. The number of allylic oxidation sites excluding steroid dienone is 1. The van der Waals surface area contributed by atoms with Crippen LogP contribution in [0.2, 0.25) is 0 Å². The molecular formula is C13H20F3NO. The third-order valence-corrected chi connectivity index (χ3v) is 3.82. The summed E-state index contributed by atoms with van der Waals surface area (Å²) in [6.45, 7) is 0.515. The average molecular weight is 263 g/mol. The van der Waals surface area contributed by atoms with Crippen LogP contribution in [-0.4, -0.2) is 24.9 Å². The molecule has 0 aromatic heterocycles. The molecule has 0 aromatic rings. The fourth-order valence-corrected chi connectivity index (χ4v) is 2.78. The molecule has 0 bridgehead atoms. The number of ether oxygens (including phenoxy) is 1. The monoisotopic (exact) mass is 263 g/mol. The highest BCUT2D eigenvalue weighted by molar-refractivity contribution is 4.88. The van der Waals surface area contributed by atoms with Crippen molar-refractivity contribution < 1.29 is 17.9 Å². The number of hydrogen-bond acceptors (Lipinski definition) is 2. The Labute approximate surface area is 106 Å². The molecule has 0 radical (unpaired) electrons. The van der Waals surface area contributed by atoms with Crippen LogP contribution in [0.3, 0.4) is 0 Å². The van der Waals surface area contributed by atoms with E-state index in [-0.39, 0.29) is 12.5 Å². The zero-order chi connectivity index (χ0) is 13.0. The van der Waals surface area contributed by atoms with E-state index in [1.54, 1.807) is 6.26 Å². The van der Waals surface area contributed by atoms with Gasteiger partial charge in [0.2, 0.25) is 0 Å². The lowest BCUT2D eigenvalue weighted by Crippen LogP contribution is -2.47. The number of alkyl halides is 3. The molecule has 0 spiro atoms. The number of hydrogen-bond donors (Lipinski definition) is 1. The van der Waals surface area contributed by atoms with Crippen LogP contribution < -0.4 is 5.32 Å². The van der Waals surface area contributed by atoms with Crippen molar-refractivity contribution in [3.8, 4) is 0 Å². The summed E-state index contributed by atoms with van der Waals surface area (Å²) < 4.78 is 44.0. The zero-order valence-electron chi connectivity index (χ0n) is 10.4. The number of halogens is 3. The van der Waals surface area contributed by atoms with Crippen molar-refractivity contribution in [1.29, 1.82) is 0 Å². The molecule has 1 heterocycles. The summed E-state index contributed by atoms with van der Waals surface area (Å²) in [6, 6.07) is -0.437. The Morgan fingerprint density at radius 3 is 2.61 bits per heavy atom. The highest BCUT2D eigenvalue weighted by Gasteiger charge is 2.45. The molecule has 2 nitrogen and oxygen atoms in total. The van der Waals surface area contributed by atoms with Crippen molar-refractivity contribution in [3.05, 3.63) is 12.3 Å². The molecule has 1 fully saturated rings. The van der Waals surface area contributed by atoms with Gasteiger partial charge in [-0.1, -0.05) is 12.8 Å². The van der Waals surface area contributed by atoms with Gasteiger partial charge < -0.3 is 10.1 Å². The van der Waals surface area contributed by atoms with Crippen LogP contribution in [-0.2, 0) is 4.74 Å². The van der Waals surface area contributed by atoms with E-state index in [2.05, 4.69) is 5.32 Å². The van der Waals surface area contributed by atoms with Crippen molar-refractivity contribution in [2.24, 2.45) is 5.92 Å². The van der Waals surface area contributed by atoms with Gasteiger partial charge in [0.25, 0.3) is 0 Å². The maximum absolute atomic E-state index is 12.9. The molecule has 0 saturated heterocycles. The predicted molar refractivity (Wildman–Crippen MR) is 63.1 cm³/mol. The molecular weight excluding hydrogens is 243 g/mol. The van der Waals surface area contributed by atoms with Crippen molar-refractivity contribution in [3.63, 3.8) is 0 Å². The van der Waals surface area contributed by atoms with Crippen LogP contribution >= 0.6 is 0 Å². The normalized spacial score (nSPS) is 33.2. The van der Waals surface area contributed by atoms with Gasteiger partial charge in [0.15, 0.2) is 0 Å². The summed E-state index contributed by atoms with van der Waals surface area (Å²) in [6.07, 6.45) is 3.80. The molecule has 5 heteroatoms. The van der Waals surface area contributed by atoms with E-state index in [1.807, 2.05) is 6.08 Å². The fraction of sp³-hybridized carbons (Fsp3) is 0.846. The molecule has 0 unspecified atom stereocenters. The van der Waals surface area contributed by atoms with Crippen molar-refractivity contribution in [2.45, 2.75) is 56.8 Å². The van der Waals surface area contributed by atoms with Crippen molar-refractivity contribution >= 4 is 0 Å². The van der Waals surface area contributed by atoms with Gasteiger partial charge in [0.05, 0.1) is 12.2 Å². The lowest BCUT2D eigenvalue weighted by Gasteiger charge is -2.34. The minimum atomic E-state index is -4.08. The van der Waals surface area contributed by atoms with E-state index >= 15 is 0 Å². The molecule has 1 aliphatic heterocycles. The van der Waals surface area contributed by atoms with Gasteiger partial charge in [-0.15, -0.1) is 0 Å². The standard InChI is InChI=1S/C13H20F3NO/c14-13(15,16)11-6-1-2-7-12(11)17-9-10-5-3-4-8-18-10/h4,8,10-12,17H,1-3,5-7,9H2/t10-,11-,12-/m1/s1. The van der Waals surface area contributed by atoms with Gasteiger partial charge in [-0.2, -0.15) is 13.2 Å².